The van der Waals surface area contributed by atoms with Crippen LogP contribution in [0.4, 0.5) is 5.13 Å². The fourth-order valence-electron chi connectivity index (χ4n) is 3.77. The number of aromatic nitrogens is 1. The van der Waals surface area contributed by atoms with Crippen LogP contribution in [0.2, 0.25) is 0 Å². The normalized spacial score (nSPS) is 10.9. The van der Waals surface area contributed by atoms with Crippen molar-refractivity contribution in [2.24, 2.45) is 0 Å². The number of amides is 1. The molecule has 0 atom stereocenters. The van der Waals surface area contributed by atoms with Crippen molar-refractivity contribution in [3.8, 4) is 22.6 Å². The summed E-state index contributed by atoms with van der Waals surface area (Å²) in [5.74, 6) is 1.79. The van der Waals surface area contributed by atoms with Crippen LogP contribution >= 0.6 is 11.3 Å². The van der Waals surface area contributed by atoms with Crippen molar-refractivity contribution in [2.75, 3.05) is 19.1 Å². The Morgan fingerprint density at radius 3 is 2.26 bits per heavy atom. The van der Waals surface area contributed by atoms with Crippen LogP contribution in [-0.2, 0) is 6.54 Å². The number of furan rings is 1. The molecule has 0 saturated carbocycles. The summed E-state index contributed by atoms with van der Waals surface area (Å²) in [6.07, 6.45) is 1.59. The van der Waals surface area contributed by atoms with Gasteiger partial charge in [0.2, 0.25) is 0 Å². The minimum absolute atomic E-state index is 0.173. The van der Waals surface area contributed by atoms with Gasteiger partial charge in [0.1, 0.15) is 27.5 Å². The Morgan fingerprint density at radius 1 is 0.882 bits per heavy atom. The van der Waals surface area contributed by atoms with Crippen LogP contribution in [0, 0.1) is 0 Å². The SMILES string of the molecule is COc1ccc(OC)c2sc(N(Cc3ccco3)C(=O)c3ccc(-c4ccccc4)cc3)nc12. The number of hydrogen-bond donors (Lipinski definition) is 0. The van der Waals surface area contributed by atoms with Crippen molar-refractivity contribution in [2.45, 2.75) is 6.54 Å². The number of carbonyl (C=O) groups excluding carboxylic acids is 1. The Hall–Kier alpha value is -4.10. The maximum atomic E-state index is 13.7. The molecule has 170 valence electrons. The highest BCUT2D eigenvalue weighted by Crippen LogP contribution is 2.40. The molecule has 2 heterocycles. The van der Waals surface area contributed by atoms with Crippen LogP contribution in [0.5, 0.6) is 11.5 Å². The number of thiazole rings is 1. The summed E-state index contributed by atoms with van der Waals surface area (Å²) in [5, 5.41) is 0.534. The van der Waals surface area contributed by atoms with Crippen LogP contribution in [0.15, 0.2) is 89.5 Å². The molecule has 0 saturated heterocycles. The molecule has 5 rings (SSSR count). The van der Waals surface area contributed by atoms with Crippen molar-refractivity contribution < 1.29 is 18.7 Å². The highest BCUT2D eigenvalue weighted by Gasteiger charge is 2.25. The van der Waals surface area contributed by atoms with Gasteiger partial charge in [-0.15, -0.1) is 0 Å². The third-order valence-electron chi connectivity index (χ3n) is 5.51. The molecule has 0 unspecified atom stereocenters. The predicted octanol–water partition coefficient (Wildman–Crippen LogP) is 6.42. The number of anilines is 1. The van der Waals surface area contributed by atoms with Crippen molar-refractivity contribution in [3.05, 3.63) is 96.4 Å². The van der Waals surface area contributed by atoms with Gasteiger partial charge in [-0.3, -0.25) is 9.69 Å². The van der Waals surface area contributed by atoms with E-state index < -0.39 is 0 Å². The van der Waals surface area contributed by atoms with Crippen molar-refractivity contribution >= 4 is 32.6 Å². The zero-order chi connectivity index (χ0) is 23.5. The maximum Gasteiger partial charge on any atom is 0.260 e. The summed E-state index contributed by atoms with van der Waals surface area (Å²) in [5.41, 5.74) is 3.35. The molecular formula is C27H22N2O4S. The van der Waals surface area contributed by atoms with Gasteiger partial charge in [-0.2, -0.15) is 0 Å². The highest BCUT2D eigenvalue weighted by atomic mass is 32.1. The second-order valence-electron chi connectivity index (χ2n) is 7.56. The molecular weight excluding hydrogens is 448 g/mol. The number of rotatable bonds is 7. The van der Waals surface area contributed by atoms with Crippen LogP contribution in [-0.4, -0.2) is 25.1 Å². The summed E-state index contributed by atoms with van der Waals surface area (Å²) in [4.78, 5) is 20.1. The largest absolute Gasteiger partial charge is 0.495 e. The molecule has 7 heteroatoms. The fourth-order valence-corrected chi connectivity index (χ4v) is 4.84. The fraction of sp³-hybridized carbons (Fsp3) is 0.111. The number of fused-ring (bicyclic) bond motifs is 1. The highest BCUT2D eigenvalue weighted by molar-refractivity contribution is 7.22. The molecule has 2 aromatic heterocycles. The van der Waals surface area contributed by atoms with E-state index in [0.29, 0.717) is 33.5 Å². The number of carbonyl (C=O) groups is 1. The lowest BCUT2D eigenvalue weighted by molar-refractivity contribution is 0.0983. The van der Waals surface area contributed by atoms with Crippen molar-refractivity contribution in [1.82, 2.24) is 4.98 Å². The Balaban J connectivity index is 1.55. The van der Waals surface area contributed by atoms with Crippen LogP contribution in [0.3, 0.4) is 0 Å². The molecule has 0 radical (unpaired) electrons. The molecule has 0 spiro atoms. The van der Waals surface area contributed by atoms with E-state index in [2.05, 4.69) is 0 Å². The number of methoxy groups -OCH3 is 2. The van der Waals surface area contributed by atoms with Gasteiger partial charge in [-0.1, -0.05) is 53.8 Å². The van der Waals surface area contributed by atoms with Crippen molar-refractivity contribution in [3.63, 3.8) is 0 Å². The monoisotopic (exact) mass is 470 g/mol. The summed E-state index contributed by atoms with van der Waals surface area (Å²) in [7, 11) is 3.21. The summed E-state index contributed by atoms with van der Waals surface area (Å²) in [6.45, 7) is 0.247. The third kappa shape index (κ3) is 4.13. The molecule has 6 nitrogen and oxygen atoms in total. The number of nitrogens with zero attached hydrogens (tertiary/aromatic N) is 2. The number of ether oxygens (including phenoxy) is 2. The van der Waals surface area contributed by atoms with E-state index in [1.165, 1.54) is 11.3 Å². The summed E-state index contributed by atoms with van der Waals surface area (Å²) >= 11 is 1.38. The Morgan fingerprint density at radius 2 is 1.59 bits per heavy atom. The zero-order valence-corrected chi connectivity index (χ0v) is 19.5. The average Bonchev–Trinajstić information content (AvgIpc) is 3.57. The first-order valence-electron chi connectivity index (χ1n) is 10.7. The molecule has 3 aromatic carbocycles. The van der Waals surface area contributed by atoms with E-state index in [1.54, 1.807) is 31.4 Å². The van der Waals surface area contributed by atoms with E-state index in [0.717, 1.165) is 15.8 Å². The molecule has 0 aliphatic rings. The molecule has 5 aromatic rings. The van der Waals surface area contributed by atoms with Gasteiger partial charge < -0.3 is 13.9 Å². The van der Waals surface area contributed by atoms with Gasteiger partial charge in [-0.05, 0) is 47.5 Å². The molecule has 1 amide bonds. The standard InChI is InChI=1S/C27H22N2O4S/c1-31-22-14-15-23(32-2)25-24(22)28-27(34-25)29(17-21-9-6-16-33-21)26(30)20-12-10-19(11-13-20)18-7-4-3-5-8-18/h3-16H,17H2,1-2H3. The second kappa shape index (κ2) is 9.41. The topological polar surface area (TPSA) is 64.8 Å². The van der Waals surface area contributed by atoms with Gasteiger partial charge in [-0.25, -0.2) is 4.98 Å². The van der Waals surface area contributed by atoms with Gasteiger partial charge in [0, 0.05) is 5.56 Å². The quantitative estimate of drug-likeness (QED) is 0.275. The minimum Gasteiger partial charge on any atom is -0.495 e. The summed E-state index contributed by atoms with van der Waals surface area (Å²) in [6, 6.07) is 24.9. The Kier molecular flexibility index (Phi) is 6.01. The predicted molar refractivity (Wildman–Crippen MR) is 134 cm³/mol. The van der Waals surface area contributed by atoms with Crippen molar-refractivity contribution in [1.29, 1.82) is 0 Å². The van der Waals surface area contributed by atoms with Gasteiger partial charge >= 0.3 is 0 Å². The smallest absolute Gasteiger partial charge is 0.260 e. The first kappa shape index (κ1) is 21.7. The second-order valence-corrected chi connectivity index (χ2v) is 8.54. The number of benzene rings is 3. The first-order chi connectivity index (χ1) is 16.7. The van der Waals surface area contributed by atoms with E-state index in [4.69, 9.17) is 18.9 Å². The molecule has 0 fully saturated rings. The van der Waals surface area contributed by atoms with Gasteiger partial charge in [0.05, 0.1) is 27.0 Å². The van der Waals surface area contributed by atoms with Crippen LogP contribution in [0.25, 0.3) is 21.3 Å². The lowest BCUT2D eigenvalue weighted by Crippen LogP contribution is -2.30. The third-order valence-corrected chi connectivity index (χ3v) is 6.60. The van der Waals surface area contributed by atoms with Gasteiger partial charge in [0.15, 0.2) is 5.13 Å². The Bertz CT molecular complexity index is 1370. The summed E-state index contributed by atoms with van der Waals surface area (Å²) < 4.78 is 17.4. The lowest BCUT2D eigenvalue weighted by Gasteiger charge is -2.19. The van der Waals surface area contributed by atoms with E-state index in [1.807, 2.05) is 72.8 Å². The lowest BCUT2D eigenvalue weighted by atomic mass is 10.0. The Labute approximate surface area is 201 Å². The molecule has 0 aliphatic carbocycles. The molecule has 34 heavy (non-hydrogen) atoms. The zero-order valence-electron chi connectivity index (χ0n) is 18.7. The molecule has 0 bridgehead atoms. The number of hydrogen-bond acceptors (Lipinski definition) is 6. The average molecular weight is 471 g/mol. The van der Waals surface area contributed by atoms with E-state index in [-0.39, 0.29) is 12.5 Å². The van der Waals surface area contributed by atoms with Gasteiger partial charge in [0.25, 0.3) is 5.91 Å². The van der Waals surface area contributed by atoms with Crippen LogP contribution < -0.4 is 14.4 Å². The first-order valence-corrected chi connectivity index (χ1v) is 11.5. The van der Waals surface area contributed by atoms with E-state index in [9.17, 15) is 4.79 Å². The maximum absolute atomic E-state index is 13.7. The van der Waals surface area contributed by atoms with E-state index >= 15 is 0 Å². The van der Waals surface area contributed by atoms with Crippen LogP contribution in [0.1, 0.15) is 16.1 Å². The molecule has 0 N–H and O–H groups in total. The molecule has 0 aliphatic heterocycles. The minimum atomic E-state index is -0.173.